The minimum absolute atomic E-state index is 0.376. The first-order valence-corrected chi connectivity index (χ1v) is 7.51. The van der Waals surface area contributed by atoms with Crippen molar-refractivity contribution >= 4 is 11.8 Å². The number of hydrogen-bond donors (Lipinski definition) is 2. The van der Waals surface area contributed by atoms with E-state index in [0.29, 0.717) is 11.3 Å². The Morgan fingerprint density at radius 2 is 1.65 bits per heavy atom. The molecular weight excluding hydrogens is 292 g/mol. The predicted molar refractivity (Wildman–Crippen MR) is 88.0 cm³/mol. The maximum atomic E-state index is 12.0. The van der Waals surface area contributed by atoms with E-state index in [4.69, 9.17) is 4.74 Å². The molecule has 2 aromatic carbocycles. The third-order valence-electron chi connectivity index (χ3n) is 3.35. The molecule has 2 rings (SSSR count). The number of hydrogen-bond acceptors (Lipinski definition) is 3. The molecule has 0 radical (unpaired) electrons. The van der Waals surface area contributed by atoms with E-state index in [-0.39, 0.29) is 5.91 Å². The minimum Gasteiger partial charge on any atom is -0.481 e. The number of carbonyl (C=O) groups excluding carboxylic acids is 2. The van der Waals surface area contributed by atoms with Crippen LogP contribution in [0.25, 0.3) is 0 Å². The molecule has 0 aliphatic rings. The molecule has 0 aliphatic carbocycles. The quantitative estimate of drug-likeness (QED) is 0.834. The summed E-state index contributed by atoms with van der Waals surface area (Å²) in [4.78, 5) is 23.8. The van der Waals surface area contributed by atoms with Crippen molar-refractivity contribution in [2.24, 2.45) is 0 Å². The summed E-state index contributed by atoms with van der Waals surface area (Å²) in [5.41, 5.74) is 6.39. The highest BCUT2D eigenvalue weighted by Crippen LogP contribution is 2.14. The Kier molecular flexibility index (Phi) is 5.74. The van der Waals surface area contributed by atoms with Crippen LogP contribution in [0.4, 0.5) is 0 Å². The molecule has 5 nitrogen and oxygen atoms in total. The van der Waals surface area contributed by atoms with Crippen molar-refractivity contribution in [2.75, 3.05) is 0 Å². The first-order valence-electron chi connectivity index (χ1n) is 7.51. The van der Waals surface area contributed by atoms with Crippen molar-refractivity contribution < 1.29 is 14.3 Å². The zero-order chi connectivity index (χ0) is 16.7. The number of nitrogens with one attached hydrogen (secondary N) is 2. The molecule has 1 atom stereocenters. The van der Waals surface area contributed by atoms with Gasteiger partial charge in [-0.3, -0.25) is 20.4 Å². The van der Waals surface area contributed by atoms with Gasteiger partial charge in [0.25, 0.3) is 11.8 Å². The molecule has 0 fully saturated rings. The summed E-state index contributed by atoms with van der Waals surface area (Å²) in [6.07, 6.45) is 0.223. The normalized spacial score (nSPS) is 11.4. The van der Waals surface area contributed by atoms with Crippen LogP contribution in [-0.2, 0) is 11.2 Å². The van der Waals surface area contributed by atoms with E-state index < -0.39 is 12.0 Å². The molecule has 0 bridgehead atoms. The number of rotatable bonds is 5. The molecule has 2 aromatic rings. The van der Waals surface area contributed by atoms with E-state index in [0.717, 1.165) is 6.42 Å². The Labute approximate surface area is 135 Å². The van der Waals surface area contributed by atoms with Gasteiger partial charge in [-0.15, -0.1) is 0 Å². The van der Waals surface area contributed by atoms with Gasteiger partial charge >= 0.3 is 0 Å². The van der Waals surface area contributed by atoms with Crippen molar-refractivity contribution in [1.82, 2.24) is 10.9 Å². The van der Waals surface area contributed by atoms with Gasteiger partial charge < -0.3 is 4.74 Å². The lowest BCUT2D eigenvalue weighted by molar-refractivity contribution is -0.128. The van der Waals surface area contributed by atoms with Gasteiger partial charge in [-0.05, 0) is 43.2 Å². The van der Waals surface area contributed by atoms with Gasteiger partial charge in [0.15, 0.2) is 6.10 Å². The van der Waals surface area contributed by atoms with Crippen molar-refractivity contribution in [3.05, 3.63) is 65.7 Å². The van der Waals surface area contributed by atoms with Crippen LogP contribution < -0.4 is 15.6 Å². The van der Waals surface area contributed by atoms with Crippen molar-refractivity contribution in [3.63, 3.8) is 0 Å². The van der Waals surface area contributed by atoms with Crippen LogP contribution in [0.15, 0.2) is 54.6 Å². The number of hydrazine groups is 1. The average Bonchev–Trinajstić information content (AvgIpc) is 2.60. The second-order valence-corrected chi connectivity index (χ2v) is 5.07. The Morgan fingerprint density at radius 1 is 1.00 bits per heavy atom. The lowest BCUT2D eigenvalue weighted by atomic mass is 10.2. The first kappa shape index (κ1) is 16.5. The molecule has 23 heavy (non-hydrogen) atoms. The highest BCUT2D eigenvalue weighted by Gasteiger charge is 2.15. The fraction of sp³-hybridized carbons (Fsp3) is 0.222. The fourth-order valence-electron chi connectivity index (χ4n) is 1.94. The van der Waals surface area contributed by atoms with Crippen LogP contribution in [0.2, 0.25) is 0 Å². The third-order valence-corrected chi connectivity index (χ3v) is 3.35. The van der Waals surface area contributed by atoms with E-state index in [1.807, 2.05) is 30.3 Å². The second kappa shape index (κ2) is 7.98. The lowest BCUT2D eigenvalue weighted by Gasteiger charge is -2.15. The summed E-state index contributed by atoms with van der Waals surface area (Å²) in [7, 11) is 0. The molecule has 0 saturated heterocycles. The van der Waals surface area contributed by atoms with Gasteiger partial charge in [0.2, 0.25) is 0 Å². The van der Waals surface area contributed by atoms with Crippen LogP contribution in [0.3, 0.4) is 0 Å². The van der Waals surface area contributed by atoms with Crippen LogP contribution in [0.1, 0.15) is 29.8 Å². The van der Waals surface area contributed by atoms with Gasteiger partial charge in [-0.25, -0.2) is 0 Å². The lowest BCUT2D eigenvalue weighted by Crippen LogP contribution is -2.47. The van der Waals surface area contributed by atoms with Gasteiger partial charge in [0.1, 0.15) is 5.75 Å². The zero-order valence-corrected chi connectivity index (χ0v) is 13.2. The SMILES string of the molecule is CCc1ccc(O[C@@H](C)C(=O)NNC(=O)c2ccccc2)cc1. The third kappa shape index (κ3) is 4.85. The van der Waals surface area contributed by atoms with E-state index >= 15 is 0 Å². The molecule has 120 valence electrons. The van der Waals surface area contributed by atoms with Gasteiger partial charge in [0.05, 0.1) is 0 Å². The number of aryl methyl sites for hydroxylation is 1. The average molecular weight is 312 g/mol. The highest BCUT2D eigenvalue weighted by atomic mass is 16.5. The van der Waals surface area contributed by atoms with E-state index in [9.17, 15) is 9.59 Å². The number of benzene rings is 2. The summed E-state index contributed by atoms with van der Waals surface area (Å²) in [6.45, 7) is 3.69. The Bertz CT molecular complexity index is 654. The minimum atomic E-state index is -0.724. The van der Waals surface area contributed by atoms with Crippen molar-refractivity contribution in [1.29, 1.82) is 0 Å². The summed E-state index contributed by atoms with van der Waals surface area (Å²) in [5.74, 6) is -0.188. The van der Waals surface area contributed by atoms with E-state index in [2.05, 4.69) is 17.8 Å². The summed E-state index contributed by atoms with van der Waals surface area (Å²) < 4.78 is 5.55. The maximum absolute atomic E-state index is 12.0. The Hall–Kier alpha value is -2.82. The molecule has 2 amide bonds. The van der Waals surface area contributed by atoms with Gasteiger partial charge in [-0.2, -0.15) is 0 Å². The molecular formula is C18H20N2O3. The van der Waals surface area contributed by atoms with Crippen molar-refractivity contribution in [2.45, 2.75) is 26.4 Å². The molecule has 2 N–H and O–H groups in total. The van der Waals surface area contributed by atoms with Crippen LogP contribution in [0, 0.1) is 0 Å². The summed E-state index contributed by atoms with van der Waals surface area (Å²) in [6, 6.07) is 16.2. The zero-order valence-electron chi connectivity index (χ0n) is 13.2. The molecule has 0 heterocycles. The molecule has 0 unspecified atom stereocenters. The molecule has 5 heteroatoms. The van der Waals surface area contributed by atoms with Gasteiger partial charge in [0, 0.05) is 5.56 Å². The molecule has 0 spiro atoms. The largest absolute Gasteiger partial charge is 0.481 e. The molecule has 0 saturated carbocycles. The highest BCUT2D eigenvalue weighted by molar-refractivity contribution is 5.95. The van der Waals surface area contributed by atoms with Crippen LogP contribution in [-0.4, -0.2) is 17.9 Å². The first-order chi connectivity index (χ1) is 11.1. The Balaban J connectivity index is 1.83. The number of amides is 2. The van der Waals surface area contributed by atoms with Gasteiger partial charge in [-0.1, -0.05) is 37.3 Å². The summed E-state index contributed by atoms with van der Waals surface area (Å²) in [5, 5.41) is 0. The molecule has 0 aliphatic heterocycles. The predicted octanol–water partition coefficient (Wildman–Crippen LogP) is 2.48. The van der Waals surface area contributed by atoms with Crippen molar-refractivity contribution in [3.8, 4) is 5.75 Å². The maximum Gasteiger partial charge on any atom is 0.279 e. The van der Waals surface area contributed by atoms with Crippen LogP contribution in [0.5, 0.6) is 5.75 Å². The van der Waals surface area contributed by atoms with Crippen LogP contribution >= 0.6 is 0 Å². The van der Waals surface area contributed by atoms with E-state index in [1.54, 1.807) is 31.2 Å². The number of carbonyl (C=O) groups is 2. The second-order valence-electron chi connectivity index (χ2n) is 5.07. The van der Waals surface area contributed by atoms with E-state index in [1.165, 1.54) is 5.56 Å². The molecule has 0 aromatic heterocycles. The smallest absolute Gasteiger partial charge is 0.279 e. The monoisotopic (exact) mass is 312 g/mol. The summed E-state index contributed by atoms with van der Waals surface area (Å²) >= 11 is 0. The fourth-order valence-corrected chi connectivity index (χ4v) is 1.94. The Morgan fingerprint density at radius 3 is 2.26 bits per heavy atom. The topological polar surface area (TPSA) is 67.4 Å². The number of ether oxygens (including phenoxy) is 1. The standard InChI is InChI=1S/C18H20N2O3/c1-3-14-9-11-16(12-10-14)23-13(2)17(21)19-20-18(22)15-7-5-4-6-8-15/h4-13H,3H2,1-2H3,(H,19,21)(H,20,22)/t13-/m0/s1.